The molecule has 0 aliphatic heterocycles. The number of nitrogens with zero attached hydrogens (tertiary/aromatic N) is 1. The standard InChI is InChI=1S/C17H21N3O2S.ClH/c18-10-9-16-19-14(11-23-16)17(21)20-13-7-3-4-8-15(13)22-12-5-1-2-6-12;/h3-4,7-8,11-12H,1-2,5-6,9-10,18H2,(H,20,21);1H. The van der Waals surface area contributed by atoms with Crippen LogP contribution in [0.3, 0.4) is 0 Å². The Morgan fingerprint density at radius 2 is 2.08 bits per heavy atom. The second kappa shape index (κ2) is 9.01. The number of para-hydroxylation sites is 2. The van der Waals surface area contributed by atoms with Crippen LogP contribution in [0.2, 0.25) is 0 Å². The van der Waals surface area contributed by atoms with Gasteiger partial charge in [0.2, 0.25) is 0 Å². The normalized spacial score (nSPS) is 14.2. The summed E-state index contributed by atoms with van der Waals surface area (Å²) in [6.45, 7) is 0.534. The molecule has 0 saturated heterocycles. The molecule has 1 aromatic carbocycles. The number of aromatic nitrogens is 1. The van der Waals surface area contributed by atoms with Crippen LogP contribution in [-0.4, -0.2) is 23.5 Å². The van der Waals surface area contributed by atoms with Gasteiger partial charge in [0, 0.05) is 11.8 Å². The smallest absolute Gasteiger partial charge is 0.275 e. The van der Waals surface area contributed by atoms with Crippen LogP contribution >= 0.6 is 23.7 Å². The monoisotopic (exact) mass is 367 g/mol. The minimum atomic E-state index is -0.216. The van der Waals surface area contributed by atoms with Gasteiger partial charge in [-0.25, -0.2) is 4.98 Å². The number of carbonyl (C=O) groups is 1. The fraction of sp³-hybridized carbons (Fsp3) is 0.412. The average Bonchev–Trinajstić information content (AvgIpc) is 3.21. The number of thiazole rings is 1. The lowest BCUT2D eigenvalue weighted by molar-refractivity contribution is 0.102. The topological polar surface area (TPSA) is 77.2 Å². The molecular weight excluding hydrogens is 346 g/mol. The molecule has 1 aliphatic rings. The van der Waals surface area contributed by atoms with Gasteiger partial charge >= 0.3 is 0 Å². The molecule has 3 rings (SSSR count). The van der Waals surface area contributed by atoms with E-state index >= 15 is 0 Å². The molecule has 1 fully saturated rings. The molecule has 0 bridgehead atoms. The minimum Gasteiger partial charge on any atom is -0.488 e. The van der Waals surface area contributed by atoms with Crippen LogP contribution in [0.4, 0.5) is 5.69 Å². The van der Waals surface area contributed by atoms with Crippen molar-refractivity contribution in [3.8, 4) is 5.75 Å². The first-order valence-corrected chi connectivity index (χ1v) is 8.85. The lowest BCUT2D eigenvalue weighted by Gasteiger charge is -2.16. The largest absolute Gasteiger partial charge is 0.488 e. The summed E-state index contributed by atoms with van der Waals surface area (Å²) >= 11 is 1.46. The summed E-state index contributed by atoms with van der Waals surface area (Å²) in [6.07, 6.45) is 5.53. The van der Waals surface area contributed by atoms with Gasteiger partial charge in [-0.2, -0.15) is 0 Å². The number of carbonyl (C=O) groups excluding carboxylic acids is 1. The van der Waals surface area contributed by atoms with Crippen LogP contribution in [0, 0.1) is 0 Å². The highest BCUT2D eigenvalue weighted by Crippen LogP contribution is 2.30. The zero-order valence-electron chi connectivity index (χ0n) is 13.4. The predicted molar refractivity (Wildman–Crippen MR) is 99.4 cm³/mol. The molecule has 1 aliphatic carbocycles. The fourth-order valence-corrected chi connectivity index (χ4v) is 3.49. The van der Waals surface area contributed by atoms with Crippen LogP contribution < -0.4 is 15.8 Å². The Hall–Kier alpha value is -1.63. The maximum absolute atomic E-state index is 12.4. The third kappa shape index (κ3) is 4.69. The zero-order chi connectivity index (χ0) is 16.1. The van der Waals surface area contributed by atoms with Gasteiger partial charge in [-0.15, -0.1) is 23.7 Å². The van der Waals surface area contributed by atoms with Crippen molar-refractivity contribution >= 4 is 35.3 Å². The second-order valence-corrected chi connectivity index (χ2v) is 6.58. The van der Waals surface area contributed by atoms with E-state index in [1.54, 1.807) is 5.38 Å². The van der Waals surface area contributed by atoms with Crippen LogP contribution in [-0.2, 0) is 6.42 Å². The number of nitrogens with one attached hydrogen (secondary N) is 1. The van der Waals surface area contributed by atoms with Crippen molar-refractivity contribution < 1.29 is 9.53 Å². The highest BCUT2D eigenvalue weighted by Gasteiger charge is 2.19. The first kappa shape index (κ1) is 18.7. The SMILES string of the molecule is Cl.NCCc1nc(C(=O)Nc2ccccc2OC2CCCC2)cs1. The molecule has 130 valence electrons. The van der Waals surface area contributed by atoms with E-state index in [0.717, 1.165) is 23.6 Å². The number of benzene rings is 1. The number of ether oxygens (including phenoxy) is 1. The summed E-state index contributed by atoms with van der Waals surface area (Å²) < 4.78 is 6.04. The van der Waals surface area contributed by atoms with Gasteiger partial charge in [-0.1, -0.05) is 12.1 Å². The summed E-state index contributed by atoms with van der Waals surface area (Å²) in [5.41, 5.74) is 6.63. The van der Waals surface area contributed by atoms with Crippen molar-refractivity contribution in [1.82, 2.24) is 4.98 Å². The van der Waals surface area contributed by atoms with Gasteiger partial charge in [0.05, 0.1) is 16.8 Å². The van der Waals surface area contributed by atoms with E-state index in [0.29, 0.717) is 24.3 Å². The summed E-state index contributed by atoms with van der Waals surface area (Å²) in [4.78, 5) is 16.7. The van der Waals surface area contributed by atoms with Crippen molar-refractivity contribution in [2.45, 2.75) is 38.2 Å². The van der Waals surface area contributed by atoms with Crippen molar-refractivity contribution in [3.63, 3.8) is 0 Å². The molecule has 3 N–H and O–H groups in total. The van der Waals surface area contributed by atoms with Crippen molar-refractivity contribution in [3.05, 3.63) is 40.3 Å². The molecule has 7 heteroatoms. The number of hydrogen-bond donors (Lipinski definition) is 2. The highest BCUT2D eigenvalue weighted by molar-refractivity contribution is 7.09. The highest BCUT2D eigenvalue weighted by atomic mass is 35.5. The number of amides is 1. The quantitative estimate of drug-likeness (QED) is 0.817. The maximum atomic E-state index is 12.4. The molecule has 0 unspecified atom stereocenters. The lowest BCUT2D eigenvalue weighted by Crippen LogP contribution is -2.16. The predicted octanol–water partition coefficient (Wildman–Crippen LogP) is 3.64. The third-order valence-corrected chi connectivity index (χ3v) is 4.78. The van der Waals surface area contributed by atoms with E-state index in [9.17, 15) is 4.79 Å². The molecule has 1 saturated carbocycles. The van der Waals surface area contributed by atoms with E-state index in [1.807, 2.05) is 24.3 Å². The molecule has 0 spiro atoms. The molecule has 5 nitrogen and oxygen atoms in total. The van der Waals surface area contributed by atoms with Gasteiger partial charge < -0.3 is 15.8 Å². The molecular formula is C17H22ClN3O2S. The molecule has 1 aromatic heterocycles. The molecule has 1 heterocycles. The Balaban J connectivity index is 0.00000208. The van der Waals surface area contributed by atoms with Crippen molar-refractivity contribution in [2.75, 3.05) is 11.9 Å². The Kier molecular flexibility index (Phi) is 7.02. The van der Waals surface area contributed by atoms with E-state index in [2.05, 4.69) is 10.3 Å². The van der Waals surface area contributed by atoms with Gasteiger partial charge in [0.25, 0.3) is 5.91 Å². The van der Waals surface area contributed by atoms with E-state index in [1.165, 1.54) is 24.2 Å². The van der Waals surface area contributed by atoms with E-state index in [-0.39, 0.29) is 24.4 Å². The zero-order valence-corrected chi connectivity index (χ0v) is 15.0. The first-order chi connectivity index (χ1) is 11.3. The van der Waals surface area contributed by atoms with Gasteiger partial charge in [0.1, 0.15) is 11.4 Å². The Morgan fingerprint density at radius 3 is 2.83 bits per heavy atom. The molecule has 1 amide bonds. The molecule has 0 radical (unpaired) electrons. The van der Waals surface area contributed by atoms with Gasteiger partial charge in [-0.3, -0.25) is 4.79 Å². The second-order valence-electron chi connectivity index (χ2n) is 5.64. The number of halogens is 1. The van der Waals surface area contributed by atoms with Crippen LogP contribution in [0.15, 0.2) is 29.6 Å². The average molecular weight is 368 g/mol. The summed E-state index contributed by atoms with van der Waals surface area (Å²) in [5.74, 6) is 0.511. The fourth-order valence-electron chi connectivity index (χ4n) is 2.70. The van der Waals surface area contributed by atoms with Crippen molar-refractivity contribution in [1.29, 1.82) is 0 Å². The maximum Gasteiger partial charge on any atom is 0.275 e. The Bertz CT molecular complexity index is 671. The lowest BCUT2D eigenvalue weighted by atomic mass is 10.2. The van der Waals surface area contributed by atoms with Crippen LogP contribution in [0.1, 0.15) is 41.2 Å². The Labute approximate surface area is 152 Å². The van der Waals surface area contributed by atoms with Gasteiger partial charge in [0.15, 0.2) is 0 Å². The Morgan fingerprint density at radius 1 is 1.33 bits per heavy atom. The van der Waals surface area contributed by atoms with E-state index in [4.69, 9.17) is 10.5 Å². The summed E-state index contributed by atoms with van der Waals surface area (Å²) in [6, 6.07) is 7.56. The molecule has 2 aromatic rings. The molecule has 0 atom stereocenters. The number of nitrogens with two attached hydrogens (primary N) is 1. The van der Waals surface area contributed by atoms with Gasteiger partial charge in [-0.05, 0) is 44.4 Å². The number of rotatable bonds is 6. The number of hydrogen-bond acceptors (Lipinski definition) is 5. The summed E-state index contributed by atoms with van der Waals surface area (Å²) in [7, 11) is 0. The first-order valence-electron chi connectivity index (χ1n) is 7.98. The number of anilines is 1. The summed E-state index contributed by atoms with van der Waals surface area (Å²) in [5, 5.41) is 5.55. The molecule has 24 heavy (non-hydrogen) atoms. The van der Waals surface area contributed by atoms with Crippen LogP contribution in [0.5, 0.6) is 5.75 Å². The third-order valence-electron chi connectivity index (χ3n) is 3.87. The minimum absolute atomic E-state index is 0. The van der Waals surface area contributed by atoms with Crippen LogP contribution in [0.25, 0.3) is 0 Å². The van der Waals surface area contributed by atoms with Crippen molar-refractivity contribution in [2.24, 2.45) is 5.73 Å². The van der Waals surface area contributed by atoms with E-state index < -0.39 is 0 Å².